The molecule has 0 radical (unpaired) electrons. The number of alkyl halides is 3. The first-order valence-electron chi connectivity index (χ1n) is 8.86. The predicted molar refractivity (Wildman–Crippen MR) is 94.6 cm³/mol. The number of rotatable bonds is 4. The minimum Gasteiger partial charge on any atom is -0.289 e. The first kappa shape index (κ1) is 21.3. The van der Waals surface area contributed by atoms with Crippen molar-refractivity contribution in [3.63, 3.8) is 0 Å². The summed E-state index contributed by atoms with van der Waals surface area (Å²) in [4.78, 5) is 29.4. The van der Waals surface area contributed by atoms with Gasteiger partial charge in [-0.2, -0.15) is 18.4 Å². The SMILES string of the molecule is CCCC1=C(Cc2ccc(C(F)(F)F)c(C#N)n2)C(=O)c2c(F)ccc(F)c2C1=O. The van der Waals surface area contributed by atoms with Crippen LogP contribution in [0.2, 0.25) is 0 Å². The van der Waals surface area contributed by atoms with Gasteiger partial charge in [0.25, 0.3) is 0 Å². The first-order chi connectivity index (χ1) is 14.1. The molecule has 154 valence electrons. The summed E-state index contributed by atoms with van der Waals surface area (Å²) >= 11 is 0. The van der Waals surface area contributed by atoms with Crippen LogP contribution in [0, 0.1) is 23.0 Å². The molecule has 1 aromatic heterocycles. The van der Waals surface area contributed by atoms with Crippen molar-refractivity contribution in [1.29, 1.82) is 5.26 Å². The molecule has 1 aliphatic rings. The van der Waals surface area contributed by atoms with E-state index in [4.69, 9.17) is 5.26 Å². The van der Waals surface area contributed by atoms with Crippen molar-refractivity contribution in [3.8, 4) is 6.07 Å². The molecule has 0 bridgehead atoms. The van der Waals surface area contributed by atoms with Crippen molar-refractivity contribution < 1.29 is 31.5 Å². The normalized spacial score (nSPS) is 14.0. The molecule has 1 heterocycles. The summed E-state index contributed by atoms with van der Waals surface area (Å²) in [6.45, 7) is 1.71. The third-order valence-electron chi connectivity index (χ3n) is 4.69. The van der Waals surface area contributed by atoms with Crippen molar-refractivity contribution >= 4 is 11.6 Å². The molecule has 0 unspecified atom stereocenters. The molecular weight excluding hydrogens is 407 g/mol. The average molecular weight is 420 g/mol. The van der Waals surface area contributed by atoms with Crippen LogP contribution in [0.25, 0.3) is 0 Å². The first-order valence-corrected chi connectivity index (χ1v) is 8.86. The van der Waals surface area contributed by atoms with Crippen molar-refractivity contribution in [2.75, 3.05) is 0 Å². The fourth-order valence-electron chi connectivity index (χ4n) is 3.37. The largest absolute Gasteiger partial charge is 0.419 e. The van der Waals surface area contributed by atoms with Gasteiger partial charge in [0.1, 0.15) is 17.7 Å². The Bertz CT molecular complexity index is 1140. The zero-order valence-corrected chi connectivity index (χ0v) is 15.5. The van der Waals surface area contributed by atoms with Crippen LogP contribution in [0.4, 0.5) is 22.0 Å². The van der Waals surface area contributed by atoms with Gasteiger partial charge in [-0.15, -0.1) is 0 Å². The fourth-order valence-corrected chi connectivity index (χ4v) is 3.37. The van der Waals surface area contributed by atoms with Crippen LogP contribution in [-0.4, -0.2) is 16.6 Å². The number of fused-ring (bicyclic) bond motifs is 1. The van der Waals surface area contributed by atoms with Crippen molar-refractivity contribution in [3.05, 3.63) is 75.1 Å². The van der Waals surface area contributed by atoms with Gasteiger partial charge in [-0.3, -0.25) is 9.59 Å². The van der Waals surface area contributed by atoms with Crippen molar-refractivity contribution in [2.24, 2.45) is 0 Å². The van der Waals surface area contributed by atoms with E-state index in [1.165, 1.54) is 6.07 Å². The number of ketones is 2. The number of hydrogen-bond donors (Lipinski definition) is 0. The van der Waals surface area contributed by atoms with E-state index in [-0.39, 0.29) is 23.3 Å². The van der Waals surface area contributed by atoms with Crippen molar-refractivity contribution in [1.82, 2.24) is 4.98 Å². The van der Waals surface area contributed by atoms with E-state index in [1.807, 2.05) is 0 Å². The Morgan fingerprint density at radius 2 is 1.53 bits per heavy atom. The molecule has 0 N–H and O–H groups in total. The molecule has 0 saturated heterocycles. The Morgan fingerprint density at radius 1 is 0.967 bits per heavy atom. The van der Waals surface area contributed by atoms with Gasteiger partial charge in [0.2, 0.25) is 0 Å². The lowest BCUT2D eigenvalue weighted by Crippen LogP contribution is -2.26. The van der Waals surface area contributed by atoms with Crippen LogP contribution in [-0.2, 0) is 12.6 Å². The second kappa shape index (κ2) is 7.78. The number of carbonyl (C=O) groups is 2. The van der Waals surface area contributed by atoms with Gasteiger partial charge in [-0.05, 0) is 30.7 Å². The monoisotopic (exact) mass is 420 g/mol. The van der Waals surface area contributed by atoms with E-state index < -0.39 is 58.2 Å². The zero-order valence-electron chi connectivity index (χ0n) is 15.5. The van der Waals surface area contributed by atoms with E-state index in [9.17, 15) is 31.5 Å². The van der Waals surface area contributed by atoms with Gasteiger partial charge < -0.3 is 0 Å². The number of allylic oxidation sites excluding steroid dienone is 2. The number of hydrogen-bond acceptors (Lipinski definition) is 4. The minimum atomic E-state index is -4.79. The molecule has 30 heavy (non-hydrogen) atoms. The topological polar surface area (TPSA) is 70.8 Å². The quantitative estimate of drug-likeness (QED) is 0.655. The summed E-state index contributed by atoms with van der Waals surface area (Å²) in [6, 6.07) is 4.48. The molecule has 0 atom stereocenters. The summed E-state index contributed by atoms with van der Waals surface area (Å²) in [5.74, 6) is -3.87. The molecule has 2 aromatic rings. The van der Waals surface area contributed by atoms with Crippen molar-refractivity contribution in [2.45, 2.75) is 32.4 Å². The highest BCUT2D eigenvalue weighted by Gasteiger charge is 2.37. The highest BCUT2D eigenvalue weighted by molar-refractivity contribution is 6.27. The third kappa shape index (κ3) is 3.61. The van der Waals surface area contributed by atoms with Gasteiger partial charge in [-0.25, -0.2) is 13.8 Å². The summed E-state index contributed by atoms with van der Waals surface area (Å²) in [6.07, 6.45) is -4.70. The lowest BCUT2D eigenvalue weighted by atomic mass is 9.80. The Balaban J connectivity index is 2.13. The number of nitriles is 1. The number of halogens is 5. The second-order valence-electron chi connectivity index (χ2n) is 6.63. The predicted octanol–water partition coefficient (Wildman–Crippen LogP) is 4.97. The molecule has 0 aliphatic heterocycles. The standard InChI is InChI=1S/C21H13F5N2O2/c1-2-3-11-12(8-10-4-5-13(21(24,25)26)16(9-27)28-10)20(30)18-15(23)7-6-14(22)17(18)19(11)29/h4-7H,2-3,8H2,1H3. The van der Waals surface area contributed by atoms with Crippen LogP contribution in [0.15, 0.2) is 35.4 Å². The van der Waals surface area contributed by atoms with E-state index in [0.717, 1.165) is 18.2 Å². The number of Topliss-reactive ketones (excluding diaryl/α,β-unsaturated/α-hetero) is 2. The van der Waals surface area contributed by atoms with Gasteiger partial charge in [0.05, 0.1) is 16.7 Å². The minimum absolute atomic E-state index is 0.0419. The zero-order chi connectivity index (χ0) is 22.2. The molecule has 3 rings (SSSR count). The van der Waals surface area contributed by atoms with E-state index in [2.05, 4.69) is 4.98 Å². The maximum absolute atomic E-state index is 14.3. The number of pyridine rings is 1. The fraction of sp³-hybridized carbons (Fsp3) is 0.238. The average Bonchev–Trinajstić information content (AvgIpc) is 2.69. The van der Waals surface area contributed by atoms with Crippen LogP contribution in [0.1, 0.15) is 57.4 Å². The highest BCUT2D eigenvalue weighted by Crippen LogP contribution is 2.35. The lowest BCUT2D eigenvalue weighted by Gasteiger charge is -2.22. The van der Waals surface area contributed by atoms with Crippen LogP contribution >= 0.6 is 0 Å². The Labute approximate surface area is 167 Å². The Kier molecular flexibility index (Phi) is 5.53. The van der Waals surface area contributed by atoms with E-state index in [0.29, 0.717) is 12.5 Å². The molecule has 0 spiro atoms. The lowest BCUT2D eigenvalue weighted by molar-refractivity contribution is -0.138. The molecular formula is C21H13F5N2O2. The molecule has 0 amide bonds. The van der Waals surface area contributed by atoms with Crippen LogP contribution < -0.4 is 0 Å². The number of nitrogens with zero attached hydrogens (tertiary/aromatic N) is 2. The Morgan fingerprint density at radius 3 is 2.03 bits per heavy atom. The molecule has 0 saturated carbocycles. The molecule has 1 aromatic carbocycles. The number of benzene rings is 1. The van der Waals surface area contributed by atoms with Gasteiger partial charge in [0, 0.05) is 23.3 Å². The van der Waals surface area contributed by atoms with Gasteiger partial charge >= 0.3 is 6.18 Å². The summed E-state index contributed by atoms with van der Waals surface area (Å²) < 4.78 is 67.4. The highest BCUT2D eigenvalue weighted by atomic mass is 19.4. The van der Waals surface area contributed by atoms with Gasteiger partial charge in [0.15, 0.2) is 17.3 Å². The van der Waals surface area contributed by atoms with E-state index >= 15 is 0 Å². The number of carbonyl (C=O) groups excluding carboxylic acids is 2. The van der Waals surface area contributed by atoms with Gasteiger partial charge in [-0.1, -0.05) is 13.3 Å². The molecule has 0 fully saturated rings. The summed E-state index contributed by atoms with van der Waals surface area (Å²) in [7, 11) is 0. The molecule has 4 nitrogen and oxygen atoms in total. The smallest absolute Gasteiger partial charge is 0.289 e. The summed E-state index contributed by atoms with van der Waals surface area (Å²) in [5, 5.41) is 9.00. The Hall–Kier alpha value is -3.41. The maximum atomic E-state index is 14.3. The third-order valence-corrected chi connectivity index (χ3v) is 4.69. The second-order valence-corrected chi connectivity index (χ2v) is 6.63. The van der Waals surface area contributed by atoms with E-state index in [1.54, 1.807) is 6.92 Å². The van der Waals surface area contributed by atoms with Crippen LogP contribution in [0.3, 0.4) is 0 Å². The number of aromatic nitrogens is 1. The molecule has 1 aliphatic carbocycles. The maximum Gasteiger partial charge on any atom is 0.419 e. The summed E-state index contributed by atoms with van der Waals surface area (Å²) in [5.41, 5.74) is -3.77. The molecule has 9 heteroatoms. The van der Waals surface area contributed by atoms with Crippen LogP contribution in [0.5, 0.6) is 0 Å².